The van der Waals surface area contributed by atoms with Crippen molar-refractivity contribution in [1.82, 2.24) is 5.32 Å². The van der Waals surface area contributed by atoms with Crippen LogP contribution in [0, 0.1) is 0 Å². The van der Waals surface area contributed by atoms with E-state index in [1.165, 1.54) is 7.11 Å². The number of methoxy groups -OCH3 is 1. The zero-order valence-electron chi connectivity index (χ0n) is 10.2. The lowest BCUT2D eigenvalue weighted by Gasteiger charge is -2.23. The Morgan fingerprint density at radius 1 is 1.39 bits per heavy atom. The number of esters is 1. The normalized spacial score (nSPS) is 10.9. The van der Waals surface area contributed by atoms with Gasteiger partial charge in [0.1, 0.15) is 5.54 Å². The van der Waals surface area contributed by atoms with E-state index in [9.17, 15) is 9.59 Å². The van der Waals surface area contributed by atoms with E-state index in [1.807, 2.05) is 0 Å². The minimum atomic E-state index is -1.09. The molecule has 98 valence electrons. The summed E-state index contributed by atoms with van der Waals surface area (Å²) in [6, 6.07) is 4.79. The van der Waals surface area contributed by atoms with Crippen LogP contribution in [0.1, 0.15) is 24.2 Å². The second-order valence-corrected chi connectivity index (χ2v) is 5.49. The Morgan fingerprint density at radius 3 is 2.50 bits per heavy atom. The van der Waals surface area contributed by atoms with Crippen molar-refractivity contribution < 1.29 is 14.3 Å². The van der Waals surface area contributed by atoms with Gasteiger partial charge in [-0.1, -0.05) is 11.6 Å². The van der Waals surface area contributed by atoms with E-state index in [1.54, 1.807) is 32.0 Å². The van der Waals surface area contributed by atoms with Crippen molar-refractivity contribution >= 4 is 39.4 Å². The molecule has 4 nitrogen and oxygen atoms in total. The second kappa shape index (κ2) is 5.71. The highest BCUT2D eigenvalue weighted by molar-refractivity contribution is 9.10. The number of nitrogens with one attached hydrogen (secondary N) is 1. The highest BCUT2D eigenvalue weighted by Crippen LogP contribution is 2.22. The van der Waals surface area contributed by atoms with E-state index in [0.717, 1.165) is 0 Å². The molecule has 6 heteroatoms. The van der Waals surface area contributed by atoms with Gasteiger partial charge in [-0.05, 0) is 48.0 Å². The summed E-state index contributed by atoms with van der Waals surface area (Å²) < 4.78 is 5.18. The first kappa shape index (κ1) is 15.0. The van der Waals surface area contributed by atoms with Crippen molar-refractivity contribution in [2.75, 3.05) is 7.11 Å². The molecule has 1 amide bonds. The fraction of sp³-hybridized carbons (Fsp3) is 0.333. The summed E-state index contributed by atoms with van der Waals surface area (Å²) in [6.07, 6.45) is 0. The molecular formula is C12H13BrClNO3. The molecule has 0 atom stereocenters. The number of hydrogen-bond donors (Lipinski definition) is 1. The van der Waals surface area contributed by atoms with Gasteiger partial charge >= 0.3 is 5.97 Å². The van der Waals surface area contributed by atoms with Gasteiger partial charge in [-0.15, -0.1) is 0 Å². The minimum Gasteiger partial charge on any atom is -0.467 e. The third kappa shape index (κ3) is 3.46. The van der Waals surface area contributed by atoms with Gasteiger partial charge in [-0.3, -0.25) is 4.79 Å². The Bertz CT molecular complexity index is 488. The molecule has 0 heterocycles. The maximum Gasteiger partial charge on any atom is 0.330 e. The van der Waals surface area contributed by atoms with Gasteiger partial charge in [0.25, 0.3) is 5.91 Å². The summed E-state index contributed by atoms with van der Waals surface area (Å²) in [5.41, 5.74) is -0.693. The molecule has 18 heavy (non-hydrogen) atoms. The highest BCUT2D eigenvalue weighted by Gasteiger charge is 2.31. The third-order valence-electron chi connectivity index (χ3n) is 2.30. The zero-order valence-corrected chi connectivity index (χ0v) is 12.6. The first-order chi connectivity index (χ1) is 8.27. The summed E-state index contributed by atoms with van der Waals surface area (Å²) in [6.45, 7) is 3.14. The van der Waals surface area contributed by atoms with Crippen LogP contribution in [0.15, 0.2) is 22.7 Å². The molecule has 0 bridgehead atoms. The Hall–Kier alpha value is -1.07. The molecular weight excluding hydrogens is 321 g/mol. The van der Waals surface area contributed by atoms with Gasteiger partial charge < -0.3 is 10.1 Å². The van der Waals surface area contributed by atoms with Crippen molar-refractivity contribution in [1.29, 1.82) is 0 Å². The van der Waals surface area contributed by atoms with E-state index in [4.69, 9.17) is 11.6 Å². The average Bonchev–Trinajstić information content (AvgIpc) is 2.26. The molecule has 0 aliphatic carbocycles. The van der Waals surface area contributed by atoms with Crippen LogP contribution in [0.2, 0.25) is 5.02 Å². The van der Waals surface area contributed by atoms with E-state index in [0.29, 0.717) is 15.1 Å². The van der Waals surface area contributed by atoms with Crippen LogP contribution in [-0.4, -0.2) is 24.5 Å². The third-order valence-corrected chi connectivity index (χ3v) is 3.19. The van der Waals surface area contributed by atoms with Crippen molar-refractivity contribution in [2.45, 2.75) is 19.4 Å². The summed E-state index contributed by atoms with van der Waals surface area (Å²) in [4.78, 5) is 23.5. The van der Waals surface area contributed by atoms with Crippen LogP contribution in [0.4, 0.5) is 0 Å². The lowest BCUT2D eigenvalue weighted by Crippen LogP contribution is -2.50. The maximum atomic E-state index is 12.0. The number of carbonyl (C=O) groups is 2. The average molecular weight is 335 g/mol. The summed E-state index contributed by atoms with van der Waals surface area (Å²) in [5, 5.41) is 3.12. The molecule has 0 unspecified atom stereocenters. The quantitative estimate of drug-likeness (QED) is 0.865. The van der Waals surface area contributed by atoms with Crippen molar-refractivity contribution in [2.24, 2.45) is 0 Å². The molecule has 0 aromatic heterocycles. The molecule has 0 aliphatic rings. The first-order valence-corrected chi connectivity index (χ1v) is 6.31. The Morgan fingerprint density at radius 2 is 2.00 bits per heavy atom. The second-order valence-electron chi connectivity index (χ2n) is 4.19. The number of benzene rings is 1. The van der Waals surface area contributed by atoms with Gasteiger partial charge in [-0.25, -0.2) is 4.79 Å². The van der Waals surface area contributed by atoms with Crippen molar-refractivity contribution in [3.05, 3.63) is 33.3 Å². The molecule has 0 spiro atoms. The topological polar surface area (TPSA) is 55.4 Å². The molecule has 0 fully saturated rings. The molecule has 1 aromatic rings. The first-order valence-electron chi connectivity index (χ1n) is 5.14. The number of rotatable bonds is 3. The molecule has 1 rings (SSSR count). The number of halogens is 2. The summed E-state index contributed by atoms with van der Waals surface area (Å²) in [7, 11) is 1.27. The van der Waals surface area contributed by atoms with Gasteiger partial charge in [0.05, 0.1) is 12.7 Å². The molecule has 1 N–H and O–H groups in total. The largest absolute Gasteiger partial charge is 0.467 e. The van der Waals surface area contributed by atoms with E-state index in [-0.39, 0.29) is 5.91 Å². The fourth-order valence-electron chi connectivity index (χ4n) is 1.33. The monoisotopic (exact) mass is 333 g/mol. The fourth-order valence-corrected chi connectivity index (χ4v) is 2.19. The highest BCUT2D eigenvalue weighted by atomic mass is 79.9. The lowest BCUT2D eigenvalue weighted by molar-refractivity contribution is -0.146. The van der Waals surface area contributed by atoms with Crippen molar-refractivity contribution in [3.8, 4) is 0 Å². The number of amides is 1. The van der Waals surface area contributed by atoms with E-state index >= 15 is 0 Å². The van der Waals surface area contributed by atoms with Crippen LogP contribution in [0.25, 0.3) is 0 Å². The predicted molar refractivity (Wildman–Crippen MR) is 72.7 cm³/mol. The summed E-state index contributed by atoms with van der Waals surface area (Å²) >= 11 is 9.04. The smallest absolute Gasteiger partial charge is 0.330 e. The Balaban J connectivity index is 2.92. The van der Waals surface area contributed by atoms with Crippen molar-refractivity contribution in [3.63, 3.8) is 0 Å². The Kier molecular flexibility index (Phi) is 4.76. The van der Waals surface area contributed by atoms with Gasteiger partial charge in [0.15, 0.2) is 0 Å². The van der Waals surface area contributed by atoms with Gasteiger partial charge in [0.2, 0.25) is 0 Å². The lowest BCUT2D eigenvalue weighted by atomic mass is 10.1. The van der Waals surface area contributed by atoms with Gasteiger partial charge in [0, 0.05) is 9.50 Å². The predicted octanol–water partition coefficient (Wildman–Crippen LogP) is 2.78. The number of hydrogen-bond acceptors (Lipinski definition) is 3. The molecule has 0 saturated carbocycles. The van der Waals surface area contributed by atoms with Gasteiger partial charge in [-0.2, -0.15) is 0 Å². The van der Waals surface area contributed by atoms with Crippen LogP contribution >= 0.6 is 27.5 Å². The standard InChI is InChI=1S/C12H13BrClNO3/c1-12(2,11(17)18-3)15-10(16)8-5-4-7(14)6-9(8)13/h4-6H,1-3H3,(H,15,16). The molecule has 0 aliphatic heterocycles. The number of ether oxygens (including phenoxy) is 1. The van der Waals surface area contributed by atoms with Crippen LogP contribution in [-0.2, 0) is 9.53 Å². The maximum absolute atomic E-state index is 12.0. The van der Waals surface area contributed by atoms with E-state index in [2.05, 4.69) is 26.0 Å². The minimum absolute atomic E-state index is 0.381. The summed E-state index contributed by atoms with van der Waals surface area (Å²) in [5.74, 6) is -0.894. The molecule has 0 radical (unpaired) electrons. The van der Waals surface area contributed by atoms with Crippen LogP contribution < -0.4 is 5.32 Å². The number of carbonyl (C=O) groups excluding carboxylic acids is 2. The Labute approximate surface area is 119 Å². The van der Waals surface area contributed by atoms with Crippen LogP contribution in [0.5, 0.6) is 0 Å². The van der Waals surface area contributed by atoms with Crippen LogP contribution in [0.3, 0.4) is 0 Å². The molecule has 1 aromatic carbocycles. The zero-order chi connectivity index (χ0) is 13.9. The SMILES string of the molecule is COC(=O)C(C)(C)NC(=O)c1ccc(Cl)cc1Br. The van der Waals surface area contributed by atoms with E-state index < -0.39 is 11.5 Å². The molecule has 0 saturated heterocycles.